The van der Waals surface area contributed by atoms with Gasteiger partial charge in [-0.1, -0.05) is 0 Å². The van der Waals surface area contributed by atoms with Gasteiger partial charge in [0.05, 0.1) is 19.1 Å². The van der Waals surface area contributed by atoms with E-state index in [1.807, 2.05) is 5.32 Å². The summed E-state index contributed by atoms with van der Waals surface area (Å²) < 4.78 is 0. The van der Waals surface area contributed by atoms with Gasteiger partial charge in [-0.3, -0.25) is 24.0 Å². The third kappa shape index (κ3) is 10.0. The zero-order valence-corrected chi connectivity index (χ0v) is 15.6. The van der Waals surface area contributed by atoms with Gasteiger partial charge in [-0.15, -0.1) is 0 Å². The zero-order valence-electron chi connectivity index (χ0n) is 15.6. The van der Waals surface area contributed by atoms with E-state index >= 15 is 0 Å². The minimum absolute atomic E-state index is 0.382. The molecule has 4 atom stereocenters. The Morgan fingerprint density at radius 1 is 0.897 bits per heavy atom. The van der Waals surface area contributed by atoms with E-state index in [0.717, 1.165) is 0 Å². The molecule has 0 bridgehead atoms. The molecule has 4 amide bonds. The summed E-state index contributed by atoms with van der Waals surface area (Å²) in [6.07, 6.45) is -1.37. The Morgan fingerprint density at radius 3 is 1.90 bits per heavy atom. The number of hydrogen-bond donors (Lipinski definition) is 8. The van der Waals surface area contributed by atoms with Gasteiger partial charge in [0.25, 0.3) is 0 Å². The maximum atomic E-state index is 12.2. The highest BCUT2D eigenvalue weighted by Gasteiger charge is 2.29. The van der Waals surface area contributed by atoms with Crippen LogP contribution in [0, 0.1) is 0 Å². The fourth-order valence-corrected chi connectivity index (χ4v) is 1.99. The van der Waals surface area contributed by atoms with Gasteiger partial charge in [0.1, 0.15) is 18.1 Å². The monoisotopic (exact) mass is 419 g/mol. The fourth-order valence-electron chi connectivity index (χ4n) is 1.99. The van der Waals surface area contributed by atoms with Gasteiger partial charge in [-0.05, 0) is 13.3 Å². The minimum Gasteiger partial charge on any atom is -0.481 e. The molecule has 0 spiro atoms. The molecule has 0 aliphatic carbocycles. The SMILES string of the molecule is CC(NC(=O)C(N)CC(N)=O)C(=O)NC(CCC(=O)O)C(=O)NC(CO)C(=O)O. The van der Waals surface area contributed by atoms with Gasteiger partial charge in [-0.25, -0.2) is 4.79 Å². The van der Waals surface area contributed by atoms with Gasteiger partial charge in [0.2, 0.25) is 23.6 Å². The Hall–Kier alpha value is -3.26. The van der Waals surface area contributed by atoms with E-state index in [-0.39, 0.29) is 6.42 Å². The van der Waals surface area contributed by atoms with Crippen molar-refractivity contribution in [1.82, 2.24) is 16.0 Å². The smallest absolute Gasteiger partial charge is 0.328 e. The molecule has 0 fully saturated rings. The maximum Gasteiger partial charge on any atom is 0.328 e. The number of nitrogens with one attached hydrogen (secondary N) is 3. The molecule has 29 heavy (non-hydrogen) atoms. The topological polar surface area (TPSA) is 251 Å². The predicted molar refractivity (Wildman–Crippen MR) is 94.8 cm³/mol. The number of aliphatic carboxylic acids is 2. The molecule has 0 saturated carbocycles. The first-order valence-electron chi connectivity index (χ1n) is 8.39. The van der Waals surface area contributed by atoms with Gasteiger partial charge in [0, 0.05) is 6.42 Å². The van der Waals surface area contributed by atoms with E-state index in [4.69, 9.17) is 26.8 Å². The van der Waals surface area contributed by atoms with Crippen LogP contribution in [0.1, 0.15) is 26.2 Å². The van der Waals surface area contributed by atoms with E-state index in [0.29, 0.717) is 0 Å². The van der Waals surface area contributed by atoms with Crippen LogP contribution >= 0.6 is 0 Å². The molecular weight excluding hydrogens is 394 g/mol. The highest BCUT2D eigenvalue weighted by molar-refractivity contribution is 5.94. The van der Waals surface area contributed by atoms with Crippen molar-refractivity contribution in [2.45, 2.75) is 50.4 Å². The first-order chi connectivity index (χ1) is 13.4. The van der Waals surface area contributed by atoms with Crippen molar-refractivity contribution in [1.29, 1.82) is 0 Å². The lowest BCUT2D eigenvalue weighted by molar-refractivity contribution is -0.144. The van der Waals surface area contributed by atoms with Crippen LogP contribution in [0.3, 0.4) is 0 Å². The van der Waals surface area contributed by atoms with Crippen LogP contribution in [0.5, 0.6) is 0 Å². The van der Waals surface area contributed by atoms with Gasteiger partial charge in [0.15, 0.2) is 0 Å². The molecule has 0 radical (unpaired) electrons. The number of aliphatic hydroxyl groups excluding tert-OH is 1. The van der Waals surface area contributed by atoms with Crippen molar-refractivity contribution in [2.75, 3.05) is 6.61 Å². The quantitative estimate of drug-likeness (QED) is 0.142. The third-order valence-electron chi connectivity index (χ3n) is 3.59. The van der Waals surface area contributed by atoms with Crippen LogP contribution < -0.4 is 27.4 Å². The second-order valence-electron chi connectivity index (χ2n) is 6.08. The normalized spacial score (nSPS) is 14.6. The van der Waals surface area contributed by atoms with Crippen molar-refractivity contribution in [3.8, 4) is 0 Å². The molecule has 14 nitrogen and oxygen atoms in total. The summed E-state index contributed by atoms with van der Waals surface area (Å²) in [7, 11) is 0. The molecular formula is C15H25N5O9. The van der Waals surface area contributed by atoms with Crippen LogP contribution in [0.25, 0.3) is 0 Å². The van der Waals surface area contributed by atoms with E-state index in [2.05, 4.69) is 10.6 Å². The molecule has 0 rings (SSSR count). The van der Waals surface area contributed by atoms with E-state index in [9.17, 15) is 28.8 Å². The van der Waals surface area contributed by atoms with Crippen molar-refractivity contribution >= 4 is 35.6 Å². The number of aliphatic hydroxyl groups is 1. The highest BCUT2D eigenvalue weighted by Crippen LogP contribution is 2.01. The molecule has 0 aromatic carbocycles. The summed E-state index contributed by atoms with van der Waals surface area (Å²) in [5, 5.41) is 32.9. The number of amides is 4. The molecule has 0 aromatic rings. The molecule has 0 aliphatic rings. The van der Waals surface area contributed by atoms with E-state index < -0.39 is 79.2 Å². The van der Waals surface area contributed by atoms with Crippen LogP contribution in [0.15, 0.2) is 0 Å². The minimum atomic E-state index is -1.66. The molecule has 0 heterocycles. The highest BCUT2D eigenvalue weighted by atomic mass is 16.4. The molecule has 0 aromatic heterocycles. The van der Waals surface area contributed by atoms with Crippen LogP contribution in [-0.4, -0.2) is 81.7 Å². The Labute approximate surface area is 165 Å². The standard InChI is InChI=1S/C15H25N5O9/c1-6(18-13(26)7(16)4-10(17)22)12(25)19-8(2-3-11(23)24)14(27)20-9(5-21)15(28)29/h6-9,21H,2-5,16H2,1H3,(H2,17,22)(H,18,26)(H,19,25)(H,20,27)(H,23,24)(H,28,29). The molecule has 10 N–H and O–H groups in total. The van der Waals surface area contributed by atoms with Gasteiger partial charge < -0.3 is 42.7 Å². The Bertz CT molecular complexity index is 654. The Kier molecular flexibility index (Phi) is 10.9. The lowest BCUT2D eigenvalue weighted by Gasteiger charge is -2.23. The van der Waals surface area contributed by atoms with Crippen LogP contribution in [-0.2, 0) is 28.8 Å². The fraction of sp³-hybridized carbons (Fsp3) is 0.600. The summed E-state index contributed by atoms with van der Waals surface area (Å²) in [5.74, 6) is -6.42. The molecule has 14 heteroatoms. The van der Waals surface area contributed by atoms with Crippen LogP contribution in [0.2, 0.25) is 0 Å². The predicted octanol–water partition coefficient (Wildman–Crippen LogP) is -4.39. The second kappa shape index (κ2) is 12.2. The number of carboxylic acids is 2. The number of carbonyl (C=O) groups is 6. The van der Waals surface area contributed by atoms with E-state index in [1.165, 1.54) is 6.92 Å². The van der Waals surface area contributed by atoms with Gasteiger partial charge >= 0.3 is 11.9 Å². The van der Waals surface area contributed by atoms with Crippen LogP contribution in [0.4, 0.5) is 0 Å². The van der Waals surface area contributed by atoms with Crippen molar-refractivity contribution in [3.05, 3.63) is 0 Å². The average Bonchev–Trinajstić information content (AvgIpc) is 2.61. The molecule has 0 saturated heterocycles. The second-order valence-corrected chi connectivity index (χ2v) is 6.08. The van der Waals surface area contributed by atoms with Crippen molar-refractivity contribution in [2.24, 2.45) is 11.5 Å². The first-order valence-corrected chi connectivity index (χ1v) is 8.39. The first kappa shape index (κ1) is 25.7. The molecule has 0 aliphatic heterocycles. The Balaban J connectivity index is 5.07. The summed E-state index contributed by atoms with van der Waals surface area (Å²) in [5.41, 5.74) is 10.4. The molecule has 164 valence electrons. The third-order valence-corrected chi connectivity index (χ3v) is 3.59. The number of carboxylic acid groups (broad SMARTS) is 2. The van der Waals surface area contributed by atoms with Crippen molar-refractivity contribution < 1.29 is 44.1 Å². The van der Waals surface area contributed by atoms with E-state index in [1.54, 1.807) is 0 Å². The number of rotatable bonds is 13. The van der Waals surface area contributed by atoms with Crippen molar-refractivity contribution in [3.63, 3.8) is 0 Å². The Morgan fingerprint density at radius 2 is 1.45 bits per heavy atom. The number of carbonyl (C=O) groups excluding carboxylic acids is 4. The largest absolute Gasteiger partial charge is 0.481 e. The molecule has 4 unspecified atom stereocenters. The lowest BCUT2D eigenvalue weighted by Crippen LogP contribution is -2.57. The maximum absolute atomic E-state index is 12.2. The summed E-state index contributed by atoms with van der Waals surface area (Å²) in [4.78, 5) is 68.6. The van der Waals surface area contributed by atoms with Gasteiger partial charge in [-0.2, -0.15) is 0 Å². The zero-order chi connectivity index (χ0) is 22.7. The number of nitrogens with two attached hydrogens (primary N) is 2. The summed E-state index contributed by atoms with van der Waals surface area (Å²) in [6, 6.07) is -5.63. The number of hydrogen-bond acceptors (Lipinski definition) is 8. The summed E-state index contributed by atoms with van der Waals surface area (Å²) in [6.45, 7) is 0.315. The average molecular weight is 419 g/mol. The lowest BCUT2D eigenvalue weighted by atomic mass is 10.1. The number of primary amides is 1. The summed E-state index contributed by atoms with van der Waals surface area (Å²) >= 11 is 0.